The number of rotatable bonds is 5. The van der Waals surface area contributed by atoms with Gasteiger partial charge in [0, 0.05) is 29.8 Å². The van der Waals surface area contributed by atoms with Crippen LogP contribution in [0.4, 0.5) is 13.2 Å². The van der Waals surface area contributed by atoms with Crippen molar-refractivity contribution in [2.24, 2.45) is 5.73 Å². The van der Waals surface area contributed by atoms with Crippen molar-refractivity contribution in [1.29, 1.82) is 0 Å². The maximum Gasteiger partial charge on any atom is 0.451 e. The van der Waals surface area contributed by atoms with Crippen molar-refractivity contribution < 1.29 is 23.1 Å². The number of nitrogens with zero attached hydrogens (tertiary/aromatic N) is 4. The number of carbonyl (C=O) groups excluding carboxylic acids is 1. The minimum absolute atomic E-state index is 0.0186. The fourth-order valence-electron chi connectivity index (χ4n) is 3.01. The Balaban J connectivity index is 2.40. The lowest BCUT2D eigenvalue weighted by Crippen LogP contribution is -2.19. The number of pyridine rings is 1. The Labute approximate surface area is 164 Å². The van der Waals surface area contributed by atoms with Crippen LogP contribution in [0, 0.1) is 6.92 Å². The summed E-state index contributed by atoms with van der Waals surface area (Å²) < 4.78 is 40.9. The van der Waals surface area contributed by atoms with Crippen LogP contribution in [0.2, 0.25) is 0 Å². The molecule has 2 heterocycles. The van der Waals surface area contributed by atoms with Crippen LogP contribution in [0.25, 0.3) is 16.9 Å². The highest BCUT2D eigenvalue weighted by Crippen LogP contribution is 2.37. The van der Waals surface area contributed by atoms with Crippen LogP contribution in [0.3, 0.4) is 0 Å². The zero-order valence-corrected chi connectivity index (χ0v) is 15.6. The Bertz CT molecular complexity index is 1040. The molecule has 0 bridgehead atoms. The molecule has 2 aromatic heterocycles. The summed E-state index contributed by atoms with van der Waals surface area (Å²) in [7, 11) is 0. The van der Waals surface area contributed by atoms with Gasteiger partial charge in [0.15, 0.2) is 0 Å². The van der Waals surface area contributed by atoms with Gasteiger partial charge in [0.1, 0.15) is 6.33 Å². The lowest BCUT2D eigenvalue weighted by Gasteiger charge is -2.21. The number of alkyl halides is 3. The third kappa shape index (κ3) is 3.97. The second-order valence-electron chi connectivity index (χ2n) is 6.62. The van der Waals surface area contributed by atoms with E-state index in [1.807, 2.05) is 6.92 Å². The van der Waals surface area contributed by atoms with Gasteiger partial charge in [0.25, 0.3) is 0 Å². The summed E-state index contributed by atoms with van der Waals surface area (Å²) in [5.74, 6) is -2.67. The summed E-state index contributed by atoms with van der Waals surface area (Å²) in [6.07, 6.45) is -2.41. The van der Waals surface area contributed by atoms with Crippen LogP contribution < -0.4 is 5.73 Å². The molecule has 0 aliphatic rings. The number of nitrogens with two attached hydrogens (primary N) is 1. The quantitative estimate of drug-likeness (QED) is 0.679. The second-order valence-corrected chi connectivity index (χ2v) is 6.62. The van der Waals surface area contributed by atoms with E-state index in [4.69, 9.17) is 5.73 Å². The third-order valence-corrected chi connectivity index (χ3v) is 4.43. The number of benzene rings is 1. The molecule has 0 saturated heterocycles. The van der Waals surface area contributed by atoms with E-state index in [0.29, 0.717) is 21.5 Å². The Morgan fingerprint density at radius 3 is 2.55 bits per heavy atom. The molecule has 0 spiro atoms. The van der Waals surface area contributed by atoms with Crippen LogP contribution >= 0.6 is 0 Å². The summed E-state index contributed by atoms with van der Waals surface area (Å²) in [5, 5.41) is 13.5. The predicted molar refractivity (Wildman–Crippen MR) is 98.3 cm³/mol. The van der Waals surface area contributed by atoms with E-state index in [0.717, 1.165) is 11.9 Å². The molecule has 1 atom stereocenters. The summed E-state index contributed by atoms with van der Waals surface area (Å²) >= 11 is 0. The van der Waals surface area contributed by atoms with Gasteiger partial charge in [0.2, 0.25) is 11.7 Å². The number of amides is 1. The fourth-order valence-corrected chi connectivity index (χ4v) is 3.01. The topological polar surface area (TPSA) is 107 Å². The molecule has 3 N–H and O–H groups in total. The maximum atomic E-state index is 13.4. The molecule has 3 rings (SSSR count). The van der Waals surface area contributed by atoms with Gasteiger partial charge in [0.05, 0.1) is 11.4 Å². The lowest BCUT2D eigenvalue weighted by atomic mass is 9.90. The van der Waals surface area contributed by atoms with Gasteiger partial charge < -0.3 is 10.8 Å². The number of aliphatic hydroxyl groups is 1. The molecule has 1 aromatic carbocycles. The summed E-state index contributed by atoms with van der Waals surface area (Å²) in [4.78, 5) is 19.5. The number of aliphatic hydroxyl groups excluding tert-OH is 1. The maximum absolute atomic E-state index is 13.4. The van der Waals surface area contributed by atoms with Crippen molar-refractivity contribution in [3.05, 3.63) is 59.3 Å². The first-order valence-electron chi connectivity index (χ1n) is 8.62. The smallest absolute Gasteiger partial charge is 0.396 e. The molecule has 0 saturated carbocycles. The number of hydrogen-bond acceptors (Lipinski definition) is 5. The predicted octanol–water partition coefficient (Wildman–Crippen LogP) is 2.85. The van der Waals surface area contributed by atoms with Gasteiger partial charge in [-0.2, -0.15) is 18.3 Å². The van der Waals surface area contributed by atoms with Crippen molar-refractivity contribution in [2.75, 3.05) is 6.61 Å². The first-order valence-corrected chi connectivity index (χ1v) is 8.62. The first kappa shape index (κ1) is 20.5. The number of primary amides is 1. The van der Waals surface area contributed by atoms with E-state index < -0.39 is 23.8 Å². The molecule has 1 amide bonds. The number of halogens is 3. The fraction of sp³-hybridized carbons (Fsp3) is 0.263. The van der Waals surface area contributed by atoms with E-state index in [1.54, 1.807) is 25.3 Å². The van der Waals surface area contributed by atoms with Gasteiger partial charge in [-0.15, -0.1) is 0 Å². The molecule has 0 unspecified atom stereocenters. The first-order chi connectivity index (χ1) is 13.6. The van der Waals surface area contributed by atoms with Crippen molar-refractivity contribution in [3.63, 3.8) is 0 Å². The number of hydrogen-bond donors (Lipinski definition) is 2. The lowest BCUT2D eigenvalue weighted by molar-refractivity contribution is -0.146. The second kappa shape index (κ2) is 7.63. The molecule has 0 radical (unpaired) electrons. The summed E-state index contributed by atoms with van der Waals surface area (Å²) in [6, 6.07) is 6.13. The summed E-state index contributed by atoms with van der Waals surface area (Å²) in [6.45, 7) is 3.13. The van der Waals surface area contributed by atoms with Gasteiger partial charge in [-0.05, 0) is 36.2 Å². The molecule has 7 nitrogen and oxygen atoms in total. The van der Waals surface area contributed by atoms with Gasteiger partial charge in [-0.3, -0.25) is 9.78 Å². The standard InChI is InChI=1S/C19H18F3N5O2/c1-10-3-4-14(24-7-10)13-5-12(17(23)29)6-15(16(13)11(2)8-28)27-18(19(20,21)22)25-9-26-27/h3-7,9,11,28H,8H2,1-2H3,(H2,23,29)/t11-/m1/s1. The third-order valence-electron chi connectivity index (χ3n) is 4.43. The van der Waals surface area contributed by atoms with Crippen molar-refractivity contribution in [1.82, 2.24) is 19.7 Å². The van der Waals surface area contributed by atoms with Crippen LogP contribution in [0.15, 0.2) is 36.8 Å². The molecule has 152 valence electrons. The molecule has 3 aromatic rings. The van der Waals surface area contributed by atoms with E-state index in [2.05, 4.69) is 15.1 Å². The number of carbonyl (C=O) groups is 1. The van der Waals surface area contributed by atoms with E-state index in [9.17, 15) is 23.1 Å². The van der Waals surface area contributed by atoms with Gasteiger partial charge in [-0.1, -0.05) is 13.0 Å². The molecule has 0 fully saturated rings. The highest BCUT2D eigenvalue weighted by Gasteiger charge is 2.38. The van der Waals surface area contributed by atoms with Crippen LogP contribution in [0.5, 0.6) is 0 Å². The monoisotopic (exact) mass is 405 g/mol. The van der Waals surface area contributed by atoms with E-state index in [1.165, 1.54) is 12.1 Å². The molecule has 10 heteroatoms. The van der Waals surface area contributed by atoms with Crippen LogP contribution in [-0.2, 0) is 6.18 Å². The Morgan fingerprint density at radius 2 is 2.00 bits per heavy atom. The van der Waals surface area contributed by atoms with Gasteiger partial charge >= 0.3 is 6.18 Å². The van der Waals surface area contributed by atoms with E-state index in [-0.39, 0.29) is 17.9 Å². The van der Waals surface area contributed by atoms with Crippen LogP contribution in [-0.4, -0.2) is 37.4 Å². The molecular formula is C19H18F3N5O2. The molecule has 29 heavy (non-hydrogen) atoms. The largest absolute Gasteiger partial charge is 0.451 e. The average molecular weight is 405 g/mol. The SMILES string of the molecule is Cc1ccc(-c2cc(C(N)=O)cc(-n3ncnc3C(F)(F)F)c2[C@H](C)CO)nc1. The Morgan fingerprint density at radius 1 is 1.28 bits per heavy atom. The highest BCUT2D eigenvalue weighted by molar-refractivity contribution is 5.95. The number of aromatic nitrogens is 4. The van der Waals surface area contributed by atoms with Gasteiger partial charge in [-0.25, -0.2) is 9.67 Å². The Hall–Kier alpha value is -3.27. The Kier molecular flexibility index (Phi) is 5.38. The van der Waals surface area contributed by atoms with Crippen LogP contribution in [0.1, 0.15) is 40.2 Å². The highest BCUT2D eigenvalue weighted by atomic mass is 19.4. The van der Waals surface area contributed by atoms with Crippen molar-refractivity contribution >= 4 is 5.91 Å². The van der Waals surface area contributed by atoms with Crippen molar-refractivity contribution in [2.45, 2.75) is 25.9 Å². The molecule has 0 aliphatic heterocycles. The van der Waals surface area contributed by atoms with E-state index >= 15 is 0 Å². The molecular weight excluding hydrogens is 387 g/mol. The minimum Gasteiger partial charge on any atom is -0.396 e. The normalized spacial score (nSPS) is 12.8. The average Bonchev–Trinajstić information content (AvgIpc) is 3.17. The number of aryl methyl sites for hydroxylation is 1. The molecule has 0 aliphatic carbocycles. The van der Waals surface area contributed by atoms with Crippen molar-refractivity contribution in [3.8, 4) is 16.9 Å². The zero-order valence-electron chi connectivity index (χ0n) is 15.6. The minimum atomic E-state index is -4.78. The zero-order chi connectivity index (χ0) is 21.3. The summed E-state index contributed by atoms with van der Waals surface area (Å²) in [5.41, 5.74) is 7.36.